The number of aryl methyl sites for hydroxylation is 2. The number of ether oxygens (including phenoxy) is 2. The number of esters is 1. The van der Waals surface area contributed by atoms with Gasteiger partial charge in [-0.2, -0.15) is 0 Å². The fraction of sp³-hybridized carbons (Fsp3) is 0.594. The van der Waals surface area contributed by atoms with Crippen LogP contribution in [0.1, 0.15) is 130 Å². The van der Waals surface area contributed by atoms with Crippen LogP contribution in [-0.2, 0) is 10.2 Å². The lowest BCUT2D eigenvalue weighted by molar-refractivity contribution is -0.131. The predicted octanol–water partition coefficient (Wildman–Crippen LogP) is 8.66. The maximum atomic E-state index is 11.9. The molecule has 0 bridgehead atoms. The highest BCUT2D eigenvalue weighted by molar-refractivity contribution is 5.70. The third-order valence-electron chi connectivity index (χ3n) is 8.62. The van der Waals surface area contributed by atoms with E-state index in [1.807, 2.05) is 0 Å². The second-order valence-electron chi connectivity index (χ2n) is 11.5. The topological polar surface area (TPSA) is 35.5 Å². The van der Waals surface area contributed by atoms with Crippen molar-refractivity contribution in [2.45, 2.75) is 116 Å². The lowest BCUT2D eigenvalue weighted by Crippen LogP contribution is -2.24. The van der Waals surface area contributed by atoms with Crippen LogP contribution in [0.25, 0.3) is 0 Å². The average molecular weight is 477 g/mol. The maximum absolute atomic E-state index is 11.9. The SMILES string of the molecule is COc1cc(C)c(C(C)(C)c2cc(C3CCCCC3)c(OC(C)=O)cc2C)cc1C1CCCCC1. The highest BCUT2D eigenvalue weighted by atomic mass is 16.5. The van der Waals surface area contributed by atoms with E-state index in [9.17, 15) is 4.79 Å². The molecule has 3 heteroatoms. The summed E-state index contributed by atoms with van der Waals surface area (Å²) in [6, 6.07) is 9.19. The molecule has 0 amide bonds. The van der Waals surface area contributed by atoms with Crippen LogP contribution < -0.4 is 9.47 Å². The number of hydrogen-bond acceptors (Lipinski definition) is 3. The molecular weight excluding hydrogens is 432 g/mol. The third-order valence-corrected chi connectivity index (χ3v) is 8.62. The zero-order valence-electron chi connectivity index (χ0n) is 22.8. The molecule has 0 N–H and O–H groups in total. The van der Waals surface area contributed by atoms with Gasteiger partial charge in [-0.3, -0.25) is 4.79 Å². The van der Waals surface area contributed by atoms with Crippen LogP contribution in [0.5, 0.6) is 11.5 Å². The van der Waals surface area contributed by atoms with Gasteiger partial charge in [0.15, 0.2) is 0 Å². The predicted molar refractivity (Wildman–Crippen MR) is 144 cm³/mol. The molecule has 2 aliphatic rings. The van der Waals surface area contributed by atoms with Gasteiger partial charge < -0.3 is 9.47 Å². The largest absolute Gasteiger partial charge is 0.496 e. The molecule has 0 heterocycles. The smallest absolute Gasteiger partial charge is 0.308 e. The molecule has 35 heavy (non-hydrogen) atoms. The molecule has 0 saturated heterocycles. The van der Waals surface area contributed by atoms with Crippen LogP contribution in [0.3, 0.4) is 0 Å². The van der Waals surface area contributed by atoms with Crippen molar-refractivity contribution in [3.05, 3.63) is 57.6 Å². The molecule has 2 saturated carbocycles. The van der Waals surface area contributed by atoms with E-state index in [0.29, 0.717) is 11.8 Å². The zero-order chi connectivity index (χ0) is 25.2. The minimum absolute atomic E-state index is 0.179. The molecule has 0 spiro atoms. The van der Waals surface area contributed by atoms with Gasteiger partial charge >= 0.3 is 5.97 Å². The summed E-state index contributed by atoms with van der Waals surface area (Å²) >= 11 is 0. The molecule has 2 fully saturated rings. The minimum atomic E-state index is -0.239. The Labute approximate surface area is 212 Å². The Morgan fingerprint density at radius 2 is 1.17 bits per heavy atom. The second-order valence-corrected chi connectivity index (χ2v) is 11.5. The Balaban J connectivity index is 1.82. The fourth-order valence-electron chi connectivity index (χ4n) is 6.77. The molecule has 0 atom stereocenters. The van der Waals surface area contributed by atoms with Gasteiger partial charge in [-0.25, -0.2) is 0 Å². The Morgan fingerprint density at radius 3 is 1.60 bits per heavy atom. The first kappa shape index (κ1) is 25.8. The van der Waals surface area contributed by atoms with E-state index < -0.39 is 0 Å². The highest BCUT2D eigenvalue weighted by Crippen LogP contribution is 2.46. The van der Waals surface area contributed by atoms with Gasteiger partial charge in [0, 0.05) is 12.3 Å². The molecule has 0 aliphatic heterocycles. The summed E-state index contributed by atoms with van der Waals surface area (Å²) in [6.45, 7) is 10.6. The van der Waals surface area contributed by atoms with E-state index in [-0.39, 0.29) is 11.4 Å². The van der Waals surface area contributed by atoms with E-state index in [2.05, 4.69) is 52.0 Å². The summed E-state index contributed by atoms with van der Waals surface area (Å²) in [7, 11) is 1.81. The first-order valence-corrected chi connectivity index (χ1v) is 13.7. The summed E-state index contributed by atoms with van der Waals surface area (Å²) in [6.07, 6.45) is 12.6. The molecule has 3 nitrogen and oxygen atoms in total. The van der Waals surface area contributed by atoms with E-state index in [0.717, 1.165) is 11.5 Å². The van der Waals surface area contributed by atoms with Gasteiger partial charge in [0.25, 0.3) is 0 Å². The van der Waals surface area contributed by atoms with E-state index in [1.165, 1.54) is 105 Å². The van der Waals surface area contributed by atoms with Crippen molar-refractivity contribution in [3.8, 4) is 11.5 Å². The van der Waals surface area contributed by atoms with Gasteiger partial charge in [-0.1, -0.05) is 64.5 Å². The molecule has 4 rings (SSSR count). The lowest BCUT2D eigenvalue weighted by atomic mass is 9.71. The summed E-state index contributed by atoms with van der Waals surface area (Å²) in [5.41, 5.74) is 7.57. The highest BCUT2D eigenvalue weighted by Gasteiger charge is 2.32. The van der Waals surface area contributed by atoms with Crippen molar-refractivity contribution in [3.63, 3.8) is 0 Å². The molecular formula is C32H44O3. The average Bonchev–Trinajstić information content (AvgIpc) is 2.84. The maximum Gasteiger partial charge on any atom is 0.308 e. The number of benzene rings is 2. The van der Waals surface area contributed by atoms with Crippen LogP contribution in [0.15, 0.2) is 24.3 Å². The molecule has 2 aromatic rings. The van der Waals surface area contributed by atoms with Crippen molar-refractivity contribution < 1.29 is 14.3 Å². The number of hydrogen-bond donors (Lipinski definition) is 0. The second kappa shape index (κ2) is 10.8. The summed E-state index contributed by atoms with van der Waals surface area (Å²) in [4.78, 5) is 11.9. The van der Waals surface area contributed by atoms with E-state index >= 15 is 0 Å². The Morgan fingerprint density at radius 1 is 0.743 bits per heavy atom. The van der Waals surface area contributed by atoms with Crippen LogP contribution in [0.2, 0.25) is 0 Å². The Kier molecular flexibility index (Phi) is 7.93. The van der Waals surface area contributed by atoms with Crippen molar-refractivity contribution in [1.29, 1.82) is 0 Å². The standard InChI is InChI=1S/C32H44O3/c1-21-17-30(34-6)26(24-13-9-7-10-14-24)19-28(21)32(4,5)29-20-27(25-15-11-8-12-16-25)31(18-22(29)2)35-23(3)33/h17-20,24-25H,7-16H2,1-6H3. The normalized spacial score (nSPS) is 17.9. The Bertz CT molecular complexity index is 1050. The van der Waals surface area contributed by atoms with E-state index in [4.69, 9.17) is 9.47 Å². The monoisotopic (exact) mass is 476 g/mol. The molecule has 0 aromatic heterocycles. The summed E-state index contributed by atoms with van der Waals surface area (Å²) < 4.78 is 11.6. The molecule has 0 unspecified atom stereocenters. The van der Waals surface area contributed by atoms with Crippen LogP contribution in [-0.4, -0.2) is 13.1 Å². The molecule has 2 aliphatic carbocycles. The van der Waals surface area contributed by atoms with Crippen molar-refractivity contribution in [2.75, 3.05) is 7.11 Å². The van der Waals surface area contributed by atoms with Crippen molar-refractivity contribution in [1.82, 2.24) is 0 Å². The minimum Gasteiger partial charge on any atom is -0.496 e. The fourth-order valence-corrected chi connectivity index (χ4v) is 6.77. The number of carbonyl (C=O) groups is 1. The lowest BCUT2D eigenvalue weighted by Gasteiger charge is -2.34. The first-order chi connectivity index (χ1) is 16.7. The summed E-state index contributed by atoms with van der Waals surface area (Å²) in [5.74, 6) is 2.60. The Hall–Kier alpha value is -2.29. The first-order valence-electron chi connectivity index (χ1n) is 13.7. The van der Waals surface area contributed by atoms with E-state index in [1.54, 1.807) is 7.11 Å². The van der Waals surface area contributed by atoms with Gasteiger partial charge in [0.1, 0.15) is 11.5 Å². The zero-order valence-corrected chi connectivity index (χ0v) is 22.8. The van der Waals surface area contributed by atoms with Gasteiger partial charge in [-0.05, 0) is 96.9 Å². The van der Waals surface area contributed by atoms with Crippen molar-refractivity contribution >= 4 is 5.97 Å². The van der Waals surface area contributed by atoms with Crippen LogP contribution >= 0.6 is 0 Å². The molecule has 0 radical (unpaired) electrons. The van der Waals surface area contributed by atoms with Crippen LogP contribution in [0, 0.1) is 13.8 Å². The number of carbonyl (C=O) groups excluding carboxylic acids is 1. The molecule has 190 valence electrons. The molecule has 2 aromatic carbocycles. The third kappa shape index (κ3) is 5.44. The van der Waals surface area contributed by atoms with Gasteiger partial charge in [-0.15, -0.1) is 0 Å². The number of rotatable bonds is 6. The van der Waals surface area contributed by atoms with Gasteiger partial charge in [0.05, 0.1) is 7.11 Å². The summed E-state index contributed by atoms with van der Waals surface area (Å²) in [5, 5.41) is 0. The quantitative estimate of drug-likeness (QED) is 0.309. The van der Waals surface area contributed by atoms with Crippen molar-refractivity contribution in [2.24, 2.45) is 0 Å². The van der Waals surface area contributed by atoms with Gasteiger partial charge in [0.2, 0.25) is 0 Å². The number of methoxy groups -OCH3 is 1. The van der Waals surface area contributed by atoms with Crippen LogP contribution in [0.4, 0.5) is 0 Å².